The first-order valence-corrected chi connectivity index (χ1v) is 11.7. The lowest BCUT2D eigenvalue weighted by Gasteiger charge is -2.10. The van der Waals surface area contributed by atoms with Gasteiger partial charge >= 0.3 is 0 Å². The highest BCUT2D eigenvalue weighted by Gasteiger charge is 2.20. The molecule has 0 fully saturated rings. The fourth-order valence-corrected chi connectivity index (χ4v) is 4.78. The van der Waals surface area contributed by atoms with Crippen LogP contribution < -0.4 is 5.32 Å². The lowest BCUT2D eigenvalue weighted by molar-refractivity contribution is 0.0994. The highest BCUT2D eigenvalue weighted by Crippen LogP contribution is 2.22. The Morgan fingerprint density at radius 1 is 0.969 bits per heavy atom. The Morgan fingerprint density at radius 3 is 2.34 bits per heavy atom. The number of rotatable bonds is 6. The number of furan rings is 1. The molecule has 0 aliphatic heterocycles. The SMILES string of the molecule is Cc1cc(C)cc(-n2nc(C)cc2NC(=O)c2ccc(CS(=O)(=O)c3ccccc3)o2)c1. The van der Waals surface area contributed by atoms with Crippen molar-refractivity contribution in [1.82, 2.24) is 9.78 Å². The third kappa shape index (κ3) is 4.65. The molecule has 164 valence electrons. The Balaban J connectivity index is 1.54. The lowest BCUT2D eigenvalue weighted by Crippen LogP contribution is -2.14. The molecule has 7 nitrogen and oxygen atoms in total. The molecule has 32 heavy (non-hydrogen) atoms. The van der Waals surface area contributed by atoms with Gasteiger partial charge in [0, 0.05) is 6.07 Å². The van der Waals surface area contributed by atoms with Crippen LogP contribution in [0.3, 0.4) is 0 Å². The quantitative estimate of drug-likeness (QED) is 0.464. The number of nitrogens with zero attached hydrogens (tertiary/aromatic N) is 2. The van der Waals surface area contributed by atoms with Gasteiger partial charge in [-0.05, 0) is 68.3 Å². The minimum Gasteiger partial charge on any atom is -0.455 e. The van der Waals surface area contributed by atoms with E-state index in [2.05, 4.69) is 16.5 Å². The van der Waals surface area contributed by atoms with Gasteiger partial charge in [0.2, 0.25) is 0 Å². The molecule has 0 spiro atoms. The molecular formula is C24H23N3O4S. The number of sulfone groups is 1. The summed E-state index contributed by atoms with van der Waals surface area (Å²) in [4.78, 5) is 13.0. The van der Waals surface area contributed by atoms with Gasteiger partial charge in [0.25, 0.3) is 5.91 Å². The largest absolute Gasteiger partial charge is 0.455 e. The number of aryl methyl sites for hydroxylation is 3. The molecule has 0 aliphatic rings. The summed E-state index contributed by atoms with van der Waals surface area (Å²) in [7, 11) is -3.57. The van der Waals surface area contributed by atoms with Crippen LogP contribution in [0.25, 0.3) is 5.69 Å². The maximum atomic E-state index is 12.8. The van der Waals surface area contributed by atoms with Crippen molar-refractivity contribution in [2.24, 2.45) is 0 Å². The van der Waals surface area contributed by atoms with E-state index in [-0.39, 0.29) is 22.2 Å². The van der Waals surface area contributed by atoms with Gasteiger partial charge < -0.3 is 9.73 Å². The maximum Gasteiger partial charge on any atom is 0.292 e. The number of nitrogens with one attached hydrogen (secondary N) is 1. The van der Waals surface area contributed by atoms with Crippen molar-refractivity contribution in [1.29, 1.82) is 0 Å². The van der Waals surface area contributed by atoms with Crippen LogP contribution in [0.2, 0.25) is 0 Å². The van der Waals surface area contributed by atoms with Crippen LogP contribution >= 0.6 is 0 Å². The standard InChI is InChI=1S/C24H23N3O4S/c1-16-11-17(2)13-19(12-16)27-23(14-18(3)26-27)25-24(28)22-10-9-20(31-22)15-32(29,30)21-7-5-4-6-8-21/h4-14H,15H2,1-3H3,(H,25,28). The van der Waals surface area contributed by atoms with Gasteiger partial charge in [-0.1, -0.05) is 24.3 Å². The highest BCUT2D eigenvalue weighted by atomic mass is 32.2. The summed E-state index contributed by atoms with van der Waals surface area (Å²) in [6.07, 6.45) is 0. The van der Waals surface area contributed by atoms with Crippen LogP contribution in [-0.2, 0) is 15.6 Å². The minimum absolute atomic E-state index is 0.0223. The van der Waals surface area contributed by atoms with Gasteiger partial charge in [-0.15, -0.1) is 0 Å². The van der Waals surface area contributed by atoms with Crippen LogP contribution in [0, 0.1) is 20.8 Å². The number of amides is 1. The fourth-order valence-electron chi connectivity index (χ4n) is 3.51. The van der Waals surface area contributed by atoms with E-state index < -0.39 is 15.7 Å². The van der Waals surface area contributed by atoms with E-state index in [1.54, 1.807) is 28.9 Å². The van der Waals surface area contributed by atoms with Crippen molar-refractivity contribution >= 4 is 21.6 Å². The molecule has 0 bridgehead atoms. The summed E-state index contributed by atoms with van der Waals surface area (Å²) >= 11 is 0. The molecule has 4 aromatic rings. The summed E-state index contributed by atoms with van der Waals surface area (Å²) in [5.74, 6) is -0.109. The smallest absolute Gasteiger partial charge is 0.292 e. The van der Waals surface area contributed by atoms with Crippen LogP contribution in [0.5, 0.6) is 0 Å². The monoisotopic (exact) mass is 449 g/mol. The summed E-state index contributed by atoms with van der Waals surface area (Å²) in [6, 6.07) is 18.9. The molecule has 2 aromatic carbocycles. The lowest BCUT2D eigenvalue weighted by atomic mass is 10.1. The van der Waals surface area contributed by atoms with Crippen molar-refractivity contribution in [3.8, 4) is 5.69 Å². The maximum absolute atomic E-state index is 12.8. The molecule has 2 heterocycles. The number of hydrogen-bond acceptors (Lipinski definition) is 5. The first-order valence-electron chi connectivity index (χ1n) is 10.0. The van der Waals surface area contributed by atoms with Crippen LogP contribution in [-0.4, -0.2) is 24.1 Å². The van der Waals surface area contributed by atoms with E-state index in [1.165, 1.54) is 24.3 Å². The first kappa shape index (κ1) is 21.6. The summed E-state index contributed by atoms with van der Waals surface area (Å²) in [5.41, 5.74) is 3.75. The van der Waals surface area contributed by atoms with Gasteiger partial charge in [0.15, 0.2) is 15.6 Å². The topological polar surface area (TPSA) is 94.2 Å². The third-order valence-corrected chi connectivity index (χ3v) is 6.50. The minimum atomic E-state index is -3.57. The number of benzene rings is 2. The molecule has 4 rings (SSSR count). The van der Waals surface area contributed by atoms with Gasteiger partial charge in [-0.2, -0.15) is 5.10 Å². The van der Waals surface area contributed by atoms with E-state index in [1.807, 2.05) is 32.9 Å². The van der Waals surface area contributed by atoms with Crippen molar-refractivity contribution < 1.29 is 17.6 Å². The van der Waals surface area contributed by atoms with Crippen LogP contribution in [0.15, 0.2) is 76.0 Å². The first-order chi connectivity index (χ1) is 15.2. The molecule has 1 amide bonds. The van der Waals surface area contributed by atoms with E-state index in [0.29, 0.717) is 5.82 Å². The van der Waals surface area contributed by atoms with Crippen LogP contribution in [0.1, 0.15) is 33.1 Å². The van der Waals surface area contributed by atoms with E-state index in [0.717, 1.165) is 22.5 Å². The van der Waals surface area contributed by atoms with E-state index in [4.69, 9.17) is 4.42 Å². The van der Waals surface area contributed by atoms with Crippen molar-refractivity contribution in [2.75, 3.05) is 5.32 Å². The molecule has 0 radical (unpaired) electrons. The Morgan fingerprint density at radius 2 is 1.66 bits per heavy atom. The zero-order valence-corrected chi connectivity index (χ0v) is 18.8. The van der Waals surface area contributed by atoms with Gasteiger partial charge in [-0.25, -0.2) is 13.1 Å². The van der Waals surface area contributed by atoms with Gasteiger partial charge in [0.1, 0.15) is 17.3 Å². The molecule has 8 heteroatoms. The summed E-state index contributed by atoms with van der Waals surface area (Å²) in [5, 5.41) is 7.30. The van der Waals surface area contributed by atoms with Crippen molar-refractivity contribution in [2.45, 2.75) is 31.4 Å². The molecule has 0 saturated heterocycles. The summed E-state index contributed by atoms with van der Waals surface area (Å²) < 4.78 is 32.3. The zero-order chi connectivity index (χ0) is 22.9. The number of carbonyl (C=O) groups excluding carboxylic acids is 1. The molecule has 1 N–H and O–H groups in total. The predicted molar refractivity (Wildman–Crippen MR) is 122 cm³/mol. The second-order valence-corrected chi connectivity index (χ2v) is 9.71. The average Bonchev–Trinajstić information content (AvgIpc) is 3.34. The fraction of sp³-hybridized carbons (Fsp3) is 0.167. The molecule has 2 aromatic heterocycles. The Kier molecular flexibility index (Phi) is 5.71. The van der Waals surface area contributed by atoms with Crippen LogP contribution in [0.4, 0.5) is 5.82 Å². The molecule has 0 atom stereocenters. The van der Waals surface area contributed by atoms with E-state index in [9.17, 15) is 13.2 Å². The third-order valence-electron chi connectivity index (χ3n) is 4.84. The van der Waals surface area contributed by atoms with Crippen molar-refractivity contribution in [3.63, 3.8) is 0 Å². The second-order valence-electron chi connectivity index (χ2n) is 7.72. The zero-order valence-electron chi connectivity index (χ0n) is 18.0. The van der Waals surface area contributed by atoms with E-state index >= 15 is 0 Å². The van der Waals surface area contributed by atoms with Gasteiger partial charge in [0.05, 0.1) is 16.3 Å². The normalized spacial score (nSPS) is 11.5. The molecule has 0 saturated carbocycles. The predicted octanol–water partition coefficient (Wildman–Crippen LogP) is 4.62. The highest BCUT2D eigenvalue weighted by molar-refractivity contribution is 7.90. The number of carbonyl (C=O) groups is 1. The molecular weight excluding hydrogens is 426 g/mol. The average molecular weight is 450 g/mol. The number of anilines is 1. The Hall–Kier alpha value is -3.65. The molecule has 0 aliphatic carbocycles. The molecule has 0 unspecified atom stereocenters. The Bertz CT molecular complexity index is 1370. The summed E-state index contributed by atoms with van der Waals surface area (Å²) in [6.45, 7) is 5.84. The van der Waals surface area contributed by atoms with Gasteiger partial charge in [-0.3, -0.25) is 4.79 Å². The number of aromatic nitrogens is 2. The number of hydrogen-bond donors (Lipinski definition) is 1. The van der Waals surface area contributed by atoms with Crippen molar-refractivity contribution in [3.05, 3.63) is 95.1 Å². The second kappa shape index (κ2) is 8.47. The Labute approximate surface area is 186 Å².